The first-order chi connectivity index (χ1) is 6.24. The zero-order chi connectivity index (χ0) is 10.3. The van der Waals surface area contributed by atoms with Crippen molar-refractivity contribution in [2.45, 2.75) is 40.5 Å². The molecule has 1 nitrogen and oxygen atoms in total. The van der Waals surface area contributed by atoms with E-state index in [1.165, 1.54) is 11.1 Å². The fraction of sp³-hybridized carbons (Fsp3) is 0.500. The van der Waals surface area contributed by atoms with E-state index in [1.54, 1.807) is 0 Å². The minimum atomic E-state index is 0.998. The minimum absolute atomic E-state index is 0.998. The van der Waals surface area contributed by atoms with Crippen molar-refractivity contribution in [3.8, 4) is 0 Å². The summed E-state index contributed by atoms with van der Waals surface area (Å²) in [7, 11) is 0. The molecule has 2 N–H and O–H groups in total. The van der Waals surface area contributed by atoms with Crippen LogP contribution in [-0.4, -0.2) is 0 Å². The van der Waals surface area contributed by atoms with Crippen molar-refractivity contribution in [1.82, 2.24) is 0 Å². The molecule has 1 aliphatic carbocycles. The maximum absolute atomic E-state index is 5.64. The minimum Gasteiger partial charge on any atom is -0.402 e. The Bertz CT molecular complexity index is 232. The summed E-state index contributed by atoms with van der Waals surface area (Å²) in [5, 5.41) is 0. The van der Waals surface area contributed by atoms with Crippen molar-refractivity contribution < 1.29 is 0 Å². The predicted octanol–water partition coefficient (Wildman–Crippen LogP) is 3.54. The van der Waals surface area contributed by atoms with Crippen LogP contribution < -0.4 is 5.73 Å². The van der Waals surface area contributed by atoms with Crippen LogP contribution in [0.3, 0.4) is 0 Å². The Morgan fingerprint density at radius 2 is 1.92 bits per heavy atom. The van der Waals surface area contributed by atoms with Crippen molar-refractivity contribution in [2.24, 2.45) is 5.73 Å². The maximum atomic E-state index is 5.64. The third-order valence-electron chi connectivity index (χ3n) is 2.12. The monoisotopic (exact) mass is 179 g/mol. The fourth-order valence-corrected chi connectivity index (χ4v) is 1.17. The molecule has 0 fully saturated rings. The lowest BCUT2D eigenvalue weighted by Crippen LogP contribution is -2.01. The lowest BCUT2D eigenvalue weighted by molar-refractivity contribution is 0.898. The van der Waals surface area contributed by atoms with Gasteiger partial charge in [0.2, 0.25) is 0 Å². The highest BCUT2D eigenvalue weighted by Gasteiger charge is 2.03. The molecule has 1 rings (SSSR count). The summed E-state index contributed by atoms with van der Waals surface area (Å²) in [6, 6.07) is 0. The molecule has 0 aromatic heterocycles. The van der Waals surface area contributed by atoms with Crippen LogP contribution in [0.5, 0.6) is 0 Å². The van der Waals surface area contributed by atoms with E-state index < -0.39 is 0 Å². The summed E-state index contributed by atoms with van der Waals surface area (Å²) in [4.78, 5) is 0. The van der Waals surface area contributed by atoms with Gasteiger partial charge in [-0.2, -0.15) is 0 Å². The third-order valence-corrected chi connectivity index (χ3v) is 2.12. The van der Waals surface area contributed by atoms with Gasteiger partial charge in [-0.25, -0.2) is 0 Å². The van der Waals surface area contributed by atoms with Crippen LogP contribution in [0.4, 0.5) is 0 Å². The van der Waals surface area contributed by atoms with Crippen LogP contribution in [0.1, 0.15) is 40.5 Å². The molecule has 0 radical (unpaired) electrons. The highest BCUT2D eigenvalue weighted by molar-refractivity contribution is 5.35. The van der Waals surface area contributed by atoms with Gasteiger partial charge in [-0.3, -0.25) is 0 Å². The van der Waals surface area contributed by atoms with Gasteiger partial charge in [0.1, 0.15) is 0 Å². The summed E-state index contributed by atoms with van der Waals surface area (Å²) < 4.78 is 0. The van der Waals surface area contributed by atoms with Crippen molar-refractivity contribution in [2.75, 3.05) is 0 Å². The Kier molecular flexibility index (Phi) is 6.03. The molecule has 1 aliphatic rings. The quantitative estimate of drug-likeness (QED) is 0.654. The lowest BCUT2D eigenvalue weighted by Gasteiger charge is -2.11. The van der Waals surface area contributed by atoms with Gasteiger partial charge in [0.05, 0.1) is 0 Å². The van der Waals surface area contributed by atoms with Gasteiger partial charge in [-0.05, 0) is 38.3 Å². The van der Waals surface area contributed by atoms with Gasteiger partial charge >= 0.3 is 0 Å². The molecule has 0 atom stereocenters. The van der Waals surface area contributed by atoms with Gasteiger partial charge in [0.15, 0.2) is 0 Å². The number of allylic oxidation sites excluding steroid dienone is 6. The second kappa shape index (κ2) is 6.53. The van der Waals surface area contributed by atoms with Gasteiger partial charge in [-0.1, -0.05) is 31.6 Å². The summed E-state index contributed by atoms with van der Waals surface area (Å²) in [6.45, 7) is 8.21. The molecule has 1 heteroatoms. The Morgan fingerprint density at radius 3 is 2.31 bits per heavy atom. The maximum Gasteiger partial charge on any atom is 0.00838 e. The van der Waals surface area contributed by atoms with E-state index in [-0.39, 0.29) is 0 Å². The molecular formula is C12H21N. The molecule has 0 aromatic carbocycles. The van der Waals surface area contributed by atoms with Crippen LogP contribution in [0.15, 0.2) is 35.1 Å². The summed E-state index contributed by atoms with van der Waals surface area (Å²) in [5.41, 5.74) is 9.42. The van der Waals surface area contributed by atoms with Crippen LogP contribution in [0.2, 0.25) is 0 Å². The highest BCUT2D eigenvalue weighted by atomic mass is 14.6. The Morgan fingerprint density at radius 1 is 1.31 bits per heavy atom. The van der Waals surface area contributed by atoms with Gasteiger partial charge in [0.25, 0.3) is 0 Å². The first kappa shape index (κ1) is 12.0. The average molecular weight is 179 g/mol. The molecule has 0 spiro atoms. The van der Waals surface area contributed by atoms with Gasteiger partial charge < -0.3 is 5.73 Å². The van der Waals surface area contributed by atoms with E-state index >= 15 is 0 Å². The lowest BCUT2D eigenvalue weighted by atomic mass is 9.97. The van der Waals surface area contributed by atoms with Crippen molar-refractivity contribution >= 4 is 0 Å². The normalized spacial score (nSPS) is 16.8. The second-order valence-electron chi connectivity index (χ2n) is 2.91. The SMILES string of the molecule is C/C=C(\C)C1=CC=C(N)CC1.CC. The Labute approximate surface area is 82.0 Å². The molecule has 0 saturated carbocycles. The third kappa shape index (κ3) is 3.97. The fourth-order valence-electron chi connectivity index (χ4n) is 1.17. The van der Waals surface area contributed by atoms with E-state index in [0.29, 0.717) is 0 Å². The van der Waals surface area contributed by atoms with Crippen LogP contribution in [-0.2, 0) is 0 Å². The summed E-state index contributed by atoms with van der Waals surface area (Å²) in [6.07, 6.45) is 8.37. The van der Waals surface area contributed by atoms with Crippen molar-refractivity contribution in [3.63, 3.8) is 0 Å². The molecule has 0 unspecified atom stereocenters. The number of hydrogen-bond donors (Lipinski definition) is 1. The smallest absolute Gasteiger partial charge is 0.00838 e. The zero-order valence-corrected chi connectivity index (χ0v) is 9.22. The van der Waals surface area contributed by atoms with E-state index in [0.717, 1.165) is 18.5 Å². The first-order valence-electron chi connectivity index (χ1n) is 5.02. The standard InChI is InChI=1S/C10H15N.C2H6/c1-3-8(2)9-4-6-10(11)7-5-9;1-2/h3-4,6H,5,7,11H2,1-2H3;1-2H3/b8-3+;. The van der Waals surface area contributed by atoms with Gasteiger partial charge in [0, 0.05) is 5.70 Å². The van der Waals surface area contributed by atoms with Crippen LogP contribution >= 0.6 is 0 Å². The van der Waals surface area contributed by atoms with Crippen molar-refractivity contribution in [1.29, 1.82) is 0 Å². The largest absolute Gasteiger partial charge is 0.402 e. The molecular weight excluding hydrogens is 158 g/mol. The van der Waals surface area contributed by atoms with Crippen LogP contribution in [0.25, 0.3) is 0 Å². The predicted molar refractivity (Wildman–Crippen MR) is 60.4 cm³/mol. The molecule has 0 aliphatic heterocycles. The second-order valence-corrected chi connectivity index (χ2v) is 2.91. The first-order valence-corrected chi connectivity index (χ1v) is 5.02. The van der Waals surface area contributed by atoms with E-state index in [2.05, 4.69) is 26.0 Å². The molecule has 0 bridgehead atoms. The molecule has 0 heterocycles. The van der Waals surface area contributed by atoms with Crippen LogP contribution in [0, 0.1) is 0 Å². The zero-order valence-electron chi connectivity index (χ0n) is 9.22. The molecule has 74 valence electrons. The number of hydrogen-bond acceptors (Lipinski definition) is 1. The summed E-state index contributed by atoms with van der Waals surface area (Å²) >= 11 is 0. The van der Waals surface area contributed by atoms with E-state index in [9.17, 15) is 0 Å². The average Bonchev–Trinajstić information content (AvgIpc) is 2.21. The number of nitrogens with two attached hydrogens (primary N) is 1. The molecule has 0 saturated heterocycles. The van der Waals surface area contributed by atoms with Gasteiger partial charge in [-0.15, -0.1) is 0 Å². The molecule has 0 amide bonds. The molecule has 13 heavy (non-hydrogen) atoms. The Balaban J connectivity index is 0.000000671. The van der Waals surface area contributed by atoms with Crippen molar-refractivity contribution in [3.05, 3.63) is 35.1 Å². The topological polar surface area (TPSA) is 26.0 Å². The summed E-state index contributed by atoms with van der Waals surface area (Å²) in [5.74, 6) is 0. The molecule has 0 aromatic rings. The number of rotatable bonds is 1. The van der Waals surface area contributed by atoms with E-state index in [1.807, 2.05) is 19.9 Å². The van der Waals surface area contributed by atoms with E-state index in [4.69, 9.17) is 5.73 Å². The highest BCUT2D eigenvalue weighted by Crippen LogP contribution is 2.21. The Hall–Kier alpha value is -0.980.